The van der Waals surface area contributed by atoms with Gasteiger partial charge < -0.3 is 18.6 Å². The summed E-state index contributed by atoms with van der Waals surface area (Å²) < 4.78 is 13.0. The van der Waals surface area contributed by atoms with Gasteiger partial charge >= 0.3 is 0 Å². The number of fused-ring (bicyclic) bond motifs is 10. The maximum absolute atomic E-state index is 6.51. The molecule has 0 spiro atoms. The summed E-state index contributed by atoms with van der Waals surface area (Å²) in [6, 6.07) is 69.1. The van der Waals surface area contributed by atoms with Gasteiger partial charge in [-0.3, -0.25) is 0 Å². The Bertz CT molecular complexity index is 3540. The summed E-state index contributed by atoms with van der Waals surface area (Å²) in [4.78, 5) is 5.02. The van der Waals surface area contributed by atoms with E-state index in [0.717, 1.165) is 77.5 Å². The molecule has 13 rings (SSSR count). The monoisotopic (exact) mass is 864 g/mol. The molecule has 5 heteroatoms. The van der Waals surface area contributed by atoms with E-state index in [1.807, 2.05) is 12.1 Å². The van der Waals surface area contributed by atoms with Gasteiger partial charge in [0.05, 0.1) is 0 Å². The van der Waals surface area contributed by atoms with E-state index >= 15 is 0 Å². The average Bonchev–Trinajstić information content (AvgIpc) is 3.92. The first-order chi connectivity index (χ1) is 32.5. The molecule has 0 amide bonds. The molecule has 0 bridgehead atoms. The van der Waals surface area contributed by atoms with E-state index in [2.05, 4.69) is 227 Å². The third kappa shape index (κ3) is 6.07. The van der Waals surface area contributed by atoms with Crippen LogP contribution in [0.15, 0.2) is 197 Å². The number of benzene rings is 9. The second kappa shape index (κ2) is 14.4. The standard InChI is InChI=1S/C62H49BN2O2/c1-61(2,3)40-28-34-50-54(36-40)64(42-30-24-38(25-31-42)44-16-11-18-48-46-14-7-9-22-56(46)66-59(44)48)52-20-13-21-53-58(52)63(50)51-35-29-41(62(4,5)6)37-55(51)65(53)43-32-26-39(27-33-43)45-17-12-19-49-47-15-8-10-23-57(47)67-60(45)49/h7-37H,1-6H3. The van der Waals surface area contributed by atoms with Crippen molar-refractivity contribution in [3.05, 3.63) is 199 Å². The highest BCUT2D eigenvalue weighted by Gasteiger charge is 2.44. The lowest BCUT2D eigenvalue weighted by molar-refractivity contribution is 0.590. The third-order valence-corrected chi connectivity index (χ3v) is 14.4. The van der Waals surface area contributed by atoms with Gasteiger partial charge in [-0.05, 0) is 110 Å². The van der Waals surface area contributed by atoms with Crippen LogP contribution >= 0.6 is 0 Å². The molecule has 0 aliphatic carbocycles. The highest BCUT2D eigenvalue weighted by atomic mass is 16.3. The van der Waals surface area contributed by atoms with Gasteiger partial charge in [0.25, 0.3) is 6.71 Å². The maximum atomic E-state index is 6.51. The fourth-order valence-corrected chi connectivity index (χ4v) is 10.9. The minimum atomic E-state index is -0.0388. The summed E-state index contributed by atoms with van der Waals surface area (Å²) in [5.74, 6) is 0. The van der Waals surface area contributed by atoms with Crippen LogP contribution < -0.4 is 26.2 Å². The Morgan fingerprint density at radius 3 is 1.21 bits per heavy atom. The van der Waals surface area contributed by atoms with Gasteiger partial charge in [-0.1, -0.05) is 169 Å². The van der Waals surface area contributed by atoms with Crippen LogP contribution in [0.5, 0.6) is 0 Å². The lowest BCUT2D eigenvalue weighted by atomic mass is 9.33. The van der Waals surface area contributed by atoms with Crippen molar-refractivity contribution in [1.82, 2.24) is 0 Å². The van der Waals surface area contributed by atoms with Crippen LogP contribution in [-0.2, 0) is 10.8 Å². The fourth-order valence-electron chi connectivity index (χ4n) is 10.9. The normalized spacial score (nSPS) is 13.4. The van der Waals surface area contributed by atoms with Crippen LogP contribution in [0.2, 0.25) is 0 Å². The van der Waals surface area contributed by atoms with Crippen molar-refractivity contribution in [3.8, 4) is 22.3 Å². The molecular weight excluding hydrogens is 816 g/mol. The molecule has 0 saturated carbocycles. The van der Waals surface area contributed by atoms with Crippen molar-refractivity contribution in [1.29, 1.82) is 0 Å². The first-order valence-electron chi connectivity index (χ1n) is 23.5. The number of hydrogen-bond donors (Lipinski definition) is 0. The number of furan rings is 2. The quantitative estimate of drug-likeness (QED) is 0.165. The first kappa shape index (κ1) is 39.6. The Labute approximate surface area is 391 Å². The molecule has 0 saturated heterocycles. The Morgan fingerprint density at radius 2 is 0.776 bits per heavy atom. The molecule has 4 heterocycles. The van der Waals surface area contributed by atoms with Gasteiger partial charge in [-0.2, -0.15) is 0 Å². The van der Waals surface area contributed by atoms with E-state index in [4.69, 9.17) is 8.83 Å². The molecule has 0 radical (unpaired) electrons. The Morgan fingerprint density at radius 1 is 0.373 bits per heavy atom. The van der Waals surface area contributed by atoms with E-state index in [1.54, 1.807) is 0 Å². The number of nitrogens with zero attached hydrogens (tertiary/aromatic N) is 2. The molecule has 0 unspecified atom stereocenters. The molecule has 4 nitrogen and oxygen atoms in total. The summed E-state index contributed by atoms with van der Waals surface area (Å²) >= 11 is 0. The van der Waals surface area contributed by atoms with Crippen molar-refractivity contribution in [3.63, 3.8) is 0 Å². The molecule has 11 aromatic rings. The summed E-state index contributed by atoms with van der Waals surface area (Å²) in [5, 5.41) is 4.55. The van der Waals surface area contributed by atoms with E-state index in [0.29, 0.717) is 0 Å². The molecule has 9 aromatic carbocycles. The minimum Gasteiger partial charge on any atom is -0.455 e. The van der Waals surface area contributed by atoms with Crippen LogP contribution in [0.1, 0.15) is 52.7 Å². The van der Waals surface area contributed by atoms with E-state index in [1.165, 1.54) is 50.3 Å². The highest BCUT2D eigenvalue weighted by molar-refractivity contribution is 7.00. The predicted molar refractivity (Wildman–Crippen MR) is 283 cm³/mol. The molecule has 2 aromatic heterocycles. The summed E-state index contributed by atoms with van der Waals surface area (Å²) in [7, 11) is 0. The number of hydrogen-bond acceptors (Lipinski definition) is 4. The zero-order valence-corrected chi connectivity index (χ0v) is 38.7. The Balaban J connectivity index is 0.987. The van der Waals surface area contributed by atoms with Crippen LogP contribution in [0.4, 0.5) is 34.1 Å². The number of para-hydroxylation sites is 4. The molecule has 2 aliphatic rings. The molecule has 322 valence electrons. The average molecular weight is 865 g/mol. The largest absolute Gasteiger partial charge is 0.455 e. The number of anilines is 6. The predicted octanol–water partition coefficient (Wildman–Crippen LogP) is 15.5. The van der Waals surface area contributed by atoms with Crippen LogP contribution in [0.25, 0.3) is 66.1 Å². The van der Waals surface area contributed by atoms with Crippen LogP contribution in [0.3, 0.4) is 0 Å². The van der Waals surface area contributed by atoms with Crippen molar-refractivity contribution in [2.45, 2.75) is 52.4 Å². The van der Waals surface area contributed by atoms with Gasteiger partial charge in [0.1, 0.15) is 22.3 Å². The Kier molecular flexibility index (Phi) is 8.49. The van der Waals surface area contributed by atoms with Crippen molar-refractivity contribution in [2.24, 2.45) is 0 Å². The Hall–Kier alpha value is -7.76. The molecule has 0 N–H and O–H groups in total. The summed E-state index contributed by atoms with van der Waals surface area (Å²) in [5.41, 5.74) is 21.6. The molecule has 67 heavy (non-hydrogen) atoms. The summed E-state index contributed by atoms with van der Waals surface area (Å²) in [6.07, 6.45) is 0. The van der Waals surface area contributed by atoms with Crippen LogP contribution in [0, 0.1) is 0 Å². The zero-order chi connectivity index (χ0) is 45.3. The van der Waals surface area contributed by atoms with E-state index in [9.17, 15) is 0 Å². The number of rotatable bonds is 4. The van der Waals surface area contributed by atoms with Gasteiger partial charge in [0.15, 0.2) is 0 Å². The highest BCUT2D eigenvalue weighted by Crippen LogP contribution is 2.47. The first-order valence-corrected chi connectivity index (χ1v) is 23.5. The lowest BCUT2D eigenvalue weighted by Crippen LogP contribution is -2.61. The second-order valence-electron chi connectivity index (χ2n) is 20.5. The lowest BCUT2D eigenvalue weighted by Gasteiger charge is -2.44. The van der Waals surface area contributed by atoms with Crippen molar-refractivity contribution >= 4 is 101 Å². The van der Waals surface area contributed by atoms with Crippen LogP contribution in [-0.4, -0.2) is 6.71 Å². The fraction of sp³-hybridized carbons (Fsp3) is 0.129. The van der Waals surface area contributed by atoms with E-state index < -0.39 is 0 Å². The van der Waals surface area contributed by atoms with Gasteiger partial charge in [-0.15, -0.1) is 0 Å². The maximum Gasteiger partial charge on any atom is 0.252 e. The van der Waals surface area contributed by atoms with Gasteiger partial charge in [0, 0.05) is 66.8 Å². The molecule has 0 fully saturated rings. The zero-order valence-electron chi connectivity index (χ0n) is 38.7. The molecule has 0 atom stereocenters. The van der Waals surface area contributed by atoms with Crippen molar-refractivity contribution in [2.75, 3.05) is 9.80 Å². The topological polar surface area (TPSA) is 32.8 Å². The molecular formula is C62H49BN2O2. The van der Waals surface area contributed by atoms with Gasteiger partial charge in [-0.25, -0.2) is 0 Å². The van der Waals surface area contributed by atoms with Crippen molar-refractivity contribution < 1.29 is 8.83 Å². The third-order valence-electron chi connectivity index (χ3n) is 14.4. The minimum absolute atomic E-state index is 0.0293. The molecule has 2 aliphatic heterocycles. The second-order valence-corrected chi connectivity index (χ2v) is 20.5. The smallest absolute Gasteiger partial charge is 0.252 e. The summed E-state index contributed by atoms with van der Waals surface area (Å²) in [6.45, 7) is 13.9. The van der Waals surface area contributed by atoms with E-state index in [-0.39, 0.29) is 17.5 Å². The SMILES string of the molecule is CC(C)(C)c1ccc2c(c1)N(c1ccc(-c3cccc4c3oc3ccccc34)cc1)c1cccc3c1B2c1ccc(C(C)(C)C)cc1N3c1ccc(-c2cccc3c2oc2ccccc23)cc1. The van der Waals surface area contributed by atoms with Gasteiger partial charge in [0.2, 0.25) is 0 Å².